The van der Waals surface area contributed by atoms with Crippen molar-refractivity contribution in [2.45, 2.75) is 0 Å². The lowest BCUT2D eigenvalue weighted by atomic mass is 9.85. The van der Waals surface area contributed by atoms with Crippen LogP contribution in [0.4, 0.5) is 0 Å². The van der Waals surface area contributed by atoms with E-state index in [1.54, 1.807) is 0 Å². The average Bonchev–Trinajstić information content (AvgIpc) is 3.26. The van der Waals surface area contributed by atoms with Crippen molar-refractivity contribution in [1.29, 1.82) is 0 Å². The first kappa shape index (κ1) is 31.4. The van der Waals surface area contributed by atoms with E-state index in [9.17, 15) is 0 Å². The summed E-state index contributed by atoms with van der Waals surface area (Å²) in [6.45, 7) is 0. The van der Waals surface area contributed by atoms with Crippen molar-refractivity contribution >= 4 is 32.3 Å². The molecule has 252 valence electrons. The Morgan fingerprint density at radius 2 is 0.852 bits per heavy atom. The first-order valence-electron chi connectivity index (χ1n) is 18.1. The predicted octanol–water partition coefficient (Wildman–Crippen LogP) is 12.7. The van der Waals surface area contributed by atoms with Gasteiger partial charge in [-0.3, -0.25) is 9.97 Å². The minimum atomic E-state index is 0.653. The number of benzene rings is 7. The number of rotatable bonds is 6. The maximum atomic E-state index is 5.28. The smallest absolute Gasteiger partial charge is 0.160 e. The topological polar surface area (TPSA) is 51.6 Å². The molecule has 0 aliphatic heterocycles. The molecular weight excluding hydrogens is 657 g/mol. The van der Waals surface area contributed by atoms with Crippen molar-refractivity contribution in [2.24, 2.45) is 0 Å². The highest BCUT2D eigenvalue weighted by Crippen LogP contribution is 2.44. The zero-order valence-corrected chi connectivity index (χ0v) is 29.3. The van der Waals surface area contributed by atoms with E-state index in [2.05, 4.69) is 162 Å². The molecule has 0 fully saturated rings. The molecule has 0 saturated heterocycles. The molecule has 0 unspecified atom stereocenters. The summed E-state index contributed by atoms with van der Waals surface area (Å²) < 4.78 is 0. The normalized spacial score (nSPS) is 11.3. The minimum absolute atomic E-state index is 0.653. The lowest BCUT2D eigenvalue weighted by Crippen LogP contribution is -1.97. The molecule has 54 heavy (non-hydrogen) atoms. The Morgan fingerprint density at radius 3 is 1.57 bits per heavy atom. The van der Waals surface area contributed by atoms with E-state index in [0.29, 0.717) is 5.82 Å². The van der Waals surface area contributed by atoms with Crippen LogP contribution in [0, 0.1) is 0 Å². The van der Waals surface area contributed by atoms with Crippen molar-refractivity contribution in [1.82, 2.24) is 19.9 Å². The summed E-state index contributed by atoms with van der Waals surface area (Å²) in [7, 11) is 0. The second-order valence-corrected chi connectivity index (χ2v) is 13.5. The van der Waals surface area contributed by atoms with Crippen LogP contribution in [0.2, 0.25) is 0 Å². The number of aromatic nitrogens is 4. The fourth-order valence-corrected chi connectivity index (χ4v) is 7.75. The Balaban J connectivity index is 1.19. The van der Waals surface area contributed by atoms with Crippen molar-refractivity contribution < 1.29 is 0 Å². The molecule has 0 aliphatic rings. The van der Waals surface area contributed by atoms with Crippen LogP contribution < -0.4 is 0 Å². The number of pyridine rings is 2. The molecule has 0 bridgehead atoms. The third kappa shape index (κ3) is 5.58. The molecule has 0 aliphatic carbocycles. The van der Waals surface area contributed by atoms with E-state index in [1.807, 2.05) is 43.0 Å². The van der Waals surface area contributed by atoms with Gasteiger partial charge in [0, 0.05) is 46.9 Å². The lowest BCUT2D eigenvalue weighted by molar-refractivity contribution is 1.18. The Morgan fingerprint density at radius 1 is 0.315 bits per heavy atom. The Labute approximate surface area is 313 Å². The fourth-order valence-electron chi connectivity index (χ4n) is 7.75. The van der Waals surface area contributed by atoms with Gasteiger partial charge in [-0.15, -0.1) is 0 Å². The van der Waals surface area contributed by atoms with Gasteiger partial charge in [-0.1, -0.05) is 140 Å². The maximum Gasteiger partial charge on any atom is 0.160 e. The summed E-state index contributed by atoms with van der Waals surface area (Å²) in [5.74, 6) is 0.653. The maximum absolute atomic E-state index is 5.28. The molecule has 4 nitrogen and oxygen atoms in total. The van der Waals surface area contributed by atoms with Crippen molar-refractivity contribution in [3.63, 3.8) is 0 Å². The number of fused-ring (bicyclic) bond motifs is 3. The summed E-state index contributed by atoms with van der Waals surface area (Å²) in [5.41, 5.74) is 11.5. The van der Waals surface area contributed by atoms with Gasteiger partial charge < -0.3 is 0 Å². The van der Waals surface area contributed by atoms with E-state index in [4.69, 9.17) is 9.97 Å². The summed E-state index contributed by atoms with van der Waals surface area (Å²) >= 11 is 0. The van der Waals surface area contributed by atoms with Gasteiger partial charge in [-0.2, -0.15) is 0 Å². The summed E-state index contributed by atoms with van der Waals surface area (Å²) in [4.78, 5) is 19.3. The molecule has 0 radical (unpaired) electrons. The number of nitrogens with zero attached hydrogens (tertiary/aromatic N) is 4. The zero-order chi connectivity index (χ0) is 35.8. The van der Waals surface area contributed by atoms with E-state index in [0.717, 1.165) is 55.5 Å². The summed E-state index contributed by atoms with van der Waals surface area (Å²) in [5, 5.41) is 7.05. The van der Waals surface area contributed by atoms with E-state index in [-0.39, 0.29) is 0 Å². The number of hydrogen-bond donors (Lipinski definition) is 0. The molecule has 3 aromatic heterocycles. The third-order valence-corrected chi connectivity index (χ3v) is 10.2. The molecule has 10 aromatic rings. The molecule has 10 rings (SSSR count). The average molecular weight is 689 g/mol. The zero-order valence-electron chi connectivity index (χ0n) is 29.3. The van der Waals surface area contributed by atoms with Crippen LogP contribution in [0.15, 0.2) is 195 Å². The molecule has 7 aromatic carbocycles. The third-order valence-electron chi connectivity index (χ3n) is 10.2. The highest BCUT2D eigenvalue weighted by Gasteiger charge is 2.18. The van der Waals surface area contributed by atoms with Crippen LogP contribution in [0.5, 0.6) is 0 Å². The van der Waals surface area contributed by atoms with Gasteiger partial charge in [-0.25, -0.2) is 9.97 Å². The van der Waals surface area contributed by atoms with Crippen LogP contribution in [0.1, 0.15) is 0 Å². The molecule has 3 heterocycles. The Kier molecular flexibility index (Phi) is 7.77. The van der Waals surface area contributed by atoms with Gasteiger partial charge in [0.15, 0.2) is 5.82 Å². The predicted molar refractivity (Wildman–Crippen MR) is 223 cm³/mol. The van der Waals surface area contributed by atoms with Gasteiger partial charge in [-0.05, 0) is 90.6 Å². The van der Waals surface area contributed by atoms with Crippen LogP contribution >= 0.6 is 0 Å². The summed E-state index contributed by atoms with van der Waals surface area (Å²) in [6.07, 6.45) is 7.45. The molecule has 0 spiro atoms. The Bertz CT molecular complexity index is 2930. The second kappa shape index (κ2) is 13.4. The lowest BCUT2D eigenvalue weighted by Gasteiger charge is -2.18. The van der Waals surface area contributed by atoms with E-state index < -0.39 is 0 Å². The summed E-state index contributed by atoms with van der Waals surface area (Å²) in [6, 6.07) is 60.0. The molecule has 0 amide bonds. The second-order valence-electron chi connectivity index (χ2n) is 13.5. The SMILES string of the molecule is c1ccc(-c2c3ccccc3c(-c3cccc(-c4cc(-c5cncc6ccccc56)nc(-c5cccc(-c6ccncc6)c5)n4)c3)c3ccccc23)cc1. The largest absolute Gasteiger partial charge is 0.265 e. The quantitative estimate of drug-likeness (QED) is 0.163. The van der Waals surface area contributed by atoms with Gasteiger partial charge >= 0.3 is 0 Å². The highest BCUT2D eigenvalue weighted by atomic mass is 14.9. The van der Waals surface area contributed by atoms with Gasteiger partial charge in [0.25, 0.3) is 0 Å². The van der Waals surface area contributed by atoms with Crippen LogP contribution in [0.25, 0.3) is 99.6 Å². The first-order chi connectivity index (χ1) is 26.8. The molecule has 0 saturated carbocycles. The van der Waals surface area contributed by atoms with Crippen molar-refractivity contribution in [2.75, 3.05) is 0 Å². The van der Waals surface area contributed by atoms with E-state index >= 15 is 0 Å². The minimum Gasteiger partial charge on any atom is -0.265 e. The van der Waals surface area contributed by atoms with Gasteiger partial charge in [0.2, 0.25) is 0 Å². The highest BCUT2D eigenvalue weighted by molar-refractivity contribution is 6.21. The Hall–Kier alpha value is -7.30. The van der Waals surface area contributed by atoms with Gasteiger partial charge in [0.05, 0.1) is 11.4 Å². The van der Waals surface area contributed by atoms with Crippen molar-refractivity contribution in [3.8, 4) is 67.3 Å². The molecular formula is C50H32N4. The molecule has 0 N–H and O–H groups in total. The van der Waals surface area contributed by atoms with Crippen LogP contribution in [-0.4, -0.2) is 19.9 Å². The monoisotopic (exact) mass is 688 g/mol. The standard InChI is InChI=1S/C50H32N4/c1-2-12-34(13-3-1)48-41-20-6-8-22-43(41)49(44-23-9-7-21-42(44)48)37-17-11-16-36(29-37)46-30-47(45-32-52-31-39-14-4-5-19-40(39)45)54-50(53-46)38-18-10-15-35(28-38)33-24-26-51-27-25-33/h1-32H. The van der Waals surface area contributed by atoms with E-state index in [1.165, 1.54) is 38.2 Å². The van der Waals surface area contributed by atoms with Crippen LogP contribution in [-0.2, 0) is 0 Å². The molecule has 4 heteroatoms. The van der Waals surface area contributed by atoms with Crippen molar-refractivity contribution in [3.05, 3.63) is 195 Å². The van der Waals surface area contributed by atoms with Crippen LogP contribution in [0.3, 0.4) is 0 Å². The van der Waals surface area contributed by atoms with Gasteiger partial charge in [0.1, 0.15) is 0 Å². The first-order valence-corrected chi connectivity index (χ1v) is 18.1. The fraction of sp³-hybridized carbons (Fsp3) is 0. The molecule has 0 atom stereocenters. The number of hydrogen-bond acceptors (Lipinski definition) is 4.